The standard InChI is InChI=1S/C12H13BrN2O/c1-15-8-14-12(13)11(15)7-9-3-5-10(16-2)6-4-9/h3-6,8H,7H2,1-2H3. The highest BCUT2D eigenvalue weighted by atomic mass is 79.9. The van der Waals surface area contributed by atoms with Crippen LogP contribution in [0.2, 0.25) is 0 Å². The van der Waals surface area contributed by atoms with E-state index in [4.69, 9.17) is 4.74 Å². The fourth-order valence-corrected chi connectivity index (χ4v) is 2.07. The van der Waals surface area contributed by atoms with Crippen molar-refractivity contribution in [3.8, 4) is 5.75 Å². The molecular weight excluding hydrogens is 268 g/mol. The molecule has 1 aromatic heterocycles. The quantitative estimate of drug-likeness (QED) is 0.865. The third-order valence-corrected chi connectivity index (χ3v) is 3.20. The number of nitrogens with zero attached hydrogens (tertiary/aromatic N) is 2. The van der Waals surface area contributed by atoms with Crippen LogP contribution in [0.15, 0.2) is 35.2 Å². The molecule has 0 fully saturated rings. The van der Waals surface area contributed by atoms with E-state index in [0.717, 1.165) is 16.8 Å². The molecule has 0 radical (unpaired) electrons. The predicted molar refractivity (Wildman–Crippen MR) is 66.7 cm³/mol. The van der Waals surface area contributed by atoms with Gasteiger partial charge in [0.1, 0.15) is 10.4 Å². The normalized spacial score (nSPS) is 10.4. The van der Waals surface area contributed by atoms with Gasteiger partial charge in [-0.3, -0.25) is 0 Å². The van der Waals surface area contributed by atoms with E-state index in [-0.39, 0.29) is 0 Å². The van der Waals surface area contributed by atoms with Crippen LogP contribution in [0.25, 0.3) is 0 Å². The number of hydrogen-bond acceptors (Lipinski definition) is 2. The highest BCUT2D eigenvalue weighted by Crippen LogP contribution is 2.19. The molecule has 16 heavy (non-hydrogen) atoms. The summed E-state index contributed by atoms with van der Waals surface area (Å²) in [6.07, 6.45) is 2.67. The monoisotopic (exact) mass is 280 g/mol. The highest BCUT2D eigenvalue weighted by Gasteiger charge is 2.06. The molecule has 0 atom stereocenters. The largest absolute Gasteiger partial charge is 0.497 e. The number of hydrogen-bond donors (Lipinski definition) is 0. The van der Waals surface area contributed by atoms with Crippen LogP contribution in [0.5, 0.6) is 5.75 Å². The maximum absolute atomic E-state index is 5.13. The Morgan fingerprint density at radius 3 is 2.50 bits per heavy atom. The summed E-state index contributed by atoms with van der Waals surface area (Å²) in [6, 6.07) is 8.08. The van der Waals surface area contributed by atoms with Gasteiger partial charge in [-0.25, -0.2) is 4.98 Å². The van der Waals surface area contributed by atoms with E-state index < -0.39 is 0 Å². The number of rotatable bonds is 3. The Labute approximate surface area is 103 Å². The number of imidazole rings is 1. The van der Waals surface area contributed by atoms with Crippen molar-refractivity contribution in [1.82, 2.24) is 9.55 Å². The van der Waals surface area contributed by atoms with E-state index in [9.17, 15) is 0 Å². The van der Waals surface area contributed by atoms with Gasteiger partial charge in [-0.05, 0) is 33.6 Å². The van der Waals surface area contributed by atoms with Gasteiger partial charge in [-0.1, -0.05) is 12.1 Å². The number of aromatic nitrogens is 2. The highest BCUT2D eigenvalue weighted by molar-refractivity contribution is 9.10. The summed E-state index contributed by atoms with van der Waals surface area (Å²) in [4.78, 5) is 4.20. The van der Waals surface area contributed by atoms with Gasteiger partial charge in [0, 0.05) is 13.5 Å². The lowest BCUT2D eigenvalue weighted by Gasteiger charge is -2.05. The molecule has 0 N–H and O–H groups in total. The minimum Gasteiger partial charge on any atom is -0.497 e. The zero-order valence-corrected chi connectivity index (χ0v) is 10.9. The second kappa shape index (κ2) is 4.70. The van der Waals surface area contributed by atoms with Gasteiger partial charge < -0.3 is 9.30 Å². The first-order valence-corrected chi connectivity index (χ1v) is 5.78. The maximum atomic E-state index is 5.13. The van der Waals surface area contributed by atoms with E-state index in [1.807, 2.05) is 30.1 Å². The zero-order chi connectivity index (χ0) is 11.5. The van der Waals surface area contributed by atoms with Crippen molar-refractivity contribution in [2.24, 2.45) is 7.05 Å². The molecule has 4 heteroatoms. The Balaban J connectivity index is 2.20. The average Bonchev–Trinajstić information content (AvgIpc) is 2.62. The fourth-order valence-electron chi connectivity index (χ4n) is 1.56. The van der Waals surface area contributed by atoms with Crippen LogP contribution in [0.4, 0.5) is 0 Å². The van der Waals surface area contributed by atoms with Gasteiger partial charge in [0.2, 0.25) is 0 Å². The van der Waals surface area contributed by atoms with Crippen LogP contribution >= 0.6 is 15.9 Å². The first kappa shape index (κ1) is 11.2. The number of halogens is 1. The van der Waals surface area contributed by atoms with Crippen molar-refractivity contribution in [3.63, 3.8) is 0 Å². The Morgan fingerprint density at radius 1 is 1.31 bits per heavy atom. The molecule has 0 unspecified atom stereocenters. The first-order chi connectivity index (χ1) is 7.70. The van der Waals surface area contributed by atoms with Crippen LogP contribution in [-0.4, -0.2) is 16.7 Å². The molecule has 0 saturated heterocycles. The molecule has 0 aliphatic heterocycles. The molecule has 1 aromatic carbocycles. The van der Waals surface area contributed by atoms with E-state index in [2.05, 4.69) is 33.0 Å². The van der Waals surface area contributed by atoms with Gasteiger partial charge >= 0.3 is 0 Å². The minimum atomic E-state index is 0.862. The lowest BCUT2D eigenvalue weighted by Crippen LogP contribution is -1.97. The van der Waals surface area contributed by atoms with Crippen molar-refractivity contribution in [2.75, 3.05) is 7.11 Å². The lowest BCUT2D eigenvalue weighted by molar-refractivity contribution is 0.414. The molecule has 2 aromatic rings. The van der Waals surface area contributed by atoms with Gasteiger partial charge in [0.05, 0.1) is 19.1 Å². The Morgan fingerprint density at radius 2 is 2.00 bits per heavy atom. The van der Waals surface area contributed by atoms with Crippen molar-refractivity contribution < 1.29 is 4.74 Å². The molecule has 0 spiro atoms. The molecule has 1 heterocycles. The molecule has 3 nitrogen and oxygen atoms in total. The summed E-state index contributed by atoms with van der Waals surface area (Å²) in [5.41, 5.74) is 2.41. The van der Waals surface area contributed by atoms with Crippen molar-refractivity contribution in [3.05, 3.63) is 46.5 Å². The molecule has 0 aliphatic carbocycles. The van der Waals surface area contributed by atoms with Crippen LogP contribution in [-0.2, 0) is 13.5 Å². The van der Waals surface area contributed by atoms with Crippen molar-refractivity contribution in [2.45, 2.75) is 6.42 Å². The van der Waals surface area contributed by atoms with Gasteiger partial charge in [-0.2, -0.15) is 0 Å². The van der Waals surface area contributed by atoms with E-state index in [1.54, 1.807) is 7.11 Å². The SMILES string of the molecule is COc1ccc(Cc2c(Br)ncn2C)cc1. The van der Waals surface area contributed by atoms with Crippen molar-refractivity contribution in [1.29, 1.82) is 0 Å². The van der Waals surface area contributed by atoms with Crippen LogP contribution < -0.4 is 4.74 Å². The number of ether oxygens (including phenoxy) is 1. The second-order valence-corrected chi connectivity index (χ2v) is 4.37. The summed E-state index contributed by atoms with van der Waals surface area (Å²) in [5.74, 6) is 0.882. The lowest BCUT2D eigenvalue weighted by atomic mass is 10.1. The second-order valence-electron chi connectivity index (χ2n) is 3.62. The first-order valence-electron chi connectivity index (χ1n) is 4.99. The number of methoxy groups -OCH3 is 1. The fraction of sp³-hybridized carbons (Fsp3) is 0.250. The van der Waals surface area contributed by atoms with Crippen molar-refractivity contribution >= 4 is 15.9 Å². The van der Waals surface area contributed by atoms with Gasteiger partial charge in [0.15, 0.2) is 0 Å². The molecule has 0 saturated carbocycles. The molecule has 0 bridgehead atoms. The van der Waals surface area contributed by atoms with Crippen LogP contribution in [0.3, 0.4) is 0 Å². The molecule has 0 aliphatic rings. The Kier molecular flexibility index (Phi) is 3.29. The Hall–Kier alpha value is -1.29. The third-order valence-electron chi connectivity index (χ3n) is 2.54. The smallest absolute Gasteiger partial charge is 0.127 e. The molecule has 0 amide bonds. The molecule has 84 valence electrons. The number of aryl methyl sites for hydroxylation is 1. The summed E-state index contributed by atoms with van der Waals surface area (Å²) in [6.45, 7) is 0. The zero-order valence-electron chi connectivity index (χ0n) is 9.27. The summed E-state index contributed by atoms with van der Waals surface area (Å²) in [7, 11) is 3.67. The number of benzene rings is 1. The van der Waals surface area contributed by atoms with Crippen LogP contribution in [0.1, 0.15) is 11.3 Å². The van der Waals surface area contributed by atoms with Gasteiger partial charge in [-0.15, -0.1) is 0 Å². The van der Waals surface area contributed by atoms with E-state index in [1.165, 1.54) is 11.3 Å². The maximum Gasteiger partial charge on any atom is 0.127 e. The summed E-state index contributed by atoms with van der Waals surface area (Å²) >= 11 is 3.45. The molecular formula is C12H13BrN2O. The Bertz CT molecular complexity index is 457. The van der Waals surface area contributed by atoms with E-state index in [0.29, 0.717) is 0 Å². The summed E-state index contributed by atoms with van der Waals surface area (Å²) in [5, 5.41) is 0. The summed E-state index contributed by atoms with van der Waals surface area (Å²) < 4.78 is 8.06. The van der Waals surface area contributed by atoms with Gasteiger partial charge in [0.25, 0.3) is 0 Å². The molecule has 2 rings (SSSR count). The predicted octanol–water partition coefficient (Wildman–Crippen LogP) is 2.78. The third kappa shape index (κ3) is 2.27. The average molecular weight is 281 g/mol. The minimum absolute atomic E-state index is 0.862. The van der Waals surface area contributed by atoms with E-state index >= 15 is 0 Å². The van der Waals surface area contributed by atoms with Crippen LogP contribution in [0, 0.1) is 0 Å². The topological polar surface area (TPSA) is 27.1 Å².